The summed E-state index contributed by atoms with van der Waals surface area (Å²) in [7, 11) is 0. The highest BCUT2D eigenvalue weighted by Crippen LogP contribution is 2.22. The maximum atomic E-state index is 5.78. The van der Waals surface area contributed by atoms with Crippen molar-refractivity contribution in [3.05, 3.63) is 35.4 Å². The zero-order chi connectivity index (χ0) is 17.1. The molecule has 1 unspecified atom stereocenters. The van der Waals surface area contributed by atoms with Gasteiger partial charge in [-0.25, -0.2) is 0 Å². The second-order valence-electron chi connectivity index (χ2n) is 7.65. The van der Waals surface area contributed by atoms with Crippen LogP contribution in [0.15, 0.2) is 24.3 Å². The summed E-state index contributed by atoms with van der Waals surface area (Å²) in [5, 5.41) is 0. The Morgan fingerprint density at radius 3 is 2.04 bits per heavy atom. The minimum atomic E-state index is 0.0503. The number of hydrogen-bond acceptors (Lipinski definition) is 1. The van der Waals surface area contributed by atoms with Gasteiger partial charge in [-0.3, -0.25) is 0 Å². The quantitative estimate of drug-likeness (QED) is 0.423. The zero-order valence-electron chi connectivity index (χ0n) is 16.2. The molecule has 1 atom stereocenters. The topological polar surface area (TPSA) is 9.23 Å². The van der Waals surface area contributed by atoms with E-state index in [1.807, 2.05) is 0 Å². The van der Waals surface area contributed by atoms with Gasteiger partial charge in [0.1, 0.15) is 0 Å². The van der Waals surface area contributed by atoms with Crippen LogP contribution in [-0.4, -0.2) is 12.2 Å². The summed E-state index contributed by atoms with van der Waals surface area (Å²) < 4.78 is 5.78. The van der Waals surface area contributed by atoms with E-state index in [0.29, 0.717) is 0 Å². The van der Waals surface area contributed by atoms with Crippen LogP contribution < -0.4 is 0 Å². The van der Waals surface area contributed by atoms with Crippen LogP contribution in [-0.2, 0) is 17.6 Å². The van der Waals surface area contributed by atoms with Gasteiger partial charge >= 0.3 is 0 Å². The molecule has 0 heterocycles. The highest BCUT2D eigenvalue weighted by Gasteiger charge is 2.17. The van der Waals surface area contributed by atoms with Gasteiger partial charge in [-0.1, -0.05) is 63.8 Å². The molecule has 0 amide bonds. The summed E-state index contributed by atoms with van der Waals surface area (Å²) in [4.78, 5) is 0. The summed E-state index contributed by atoms with van der Waals surface area (Å²) in [6.45, 7) is 12.0. The highest BCUT2D eigenvalue weighted by molar-refractivity contribution is 5.22. The lowest BCUT2D eigenvalue weighted by molar-refractivity contribution is -0.0183. The molecular weight excluding hydrogens is 280 g/mol. The molecule has 0 saturated carbocycles. The van der Waals surface area contributed by atoms with Gasteiger partial charge in [-0.05, 0) is 63.5 Å². The summed E-state index contributed by atoms with van der Waals surface area (Å²) in [6, 6.07) is 9.25. The van der Waals surface area contributed by atoms with Crippen molar-refractivity contribution in [1.29, 1.82) is 0 Å². The molecule has 1 aromatic rings. The van der Waals surface area contributed by atoms with Gasteiger partial charge in [0.05, 0.1) is 5.60 Å². The number of benzene rings is 1. The van der Waals surface area contributed by atoms with E-state index in [0.717, 1.165) is 12.5 Å². The molecule has 0 aliphatic carbocycles. The Kier molecular flexibility index (Phi) is 9.55. The third-order valence-electron chi connectivity index (χ3n) is 4.73. The second-order valence-corrected chi connectivity index (χ2v) is 7.65. The van der Waals surface area contributed by atoms with E-state index < -0.39 is 0 Å². The van der Waals surface area contributed by atoms with Crippen molar-refractivity contribution in [3.8, 4) is 0 Å². The van der Waals surface area contributed by atoms with Crippen LogP contribution in [0.5, 0.6) is 0 Å². The highest BCUT2D eigenvalue weighted by atomic mass is 16.5. The van der Waals surface area contributed by atoms with E-state index in [2.05, 4.69) is 58.9 Å². The van der Waals surface area contributed by atoms with Gasteiger partial charge < -0.3 is 4.74 Å². The van der Waals surface area contributed by atoms with Gasteiger partial charge in [0.2, 0.25) is 0 Å². The molecule has 0 aliphatic heterocycles. The fraction of sp³-hybridized carbons (Fsp3) is 0.727. The van der Waals surface area contributed by atoms with E-state index in [9.17, 15) is 0 Å². The zero-order valence-corrected chi connectivity index (χ0v) is 16.2. The first-order valence-electron chi connectivity index (χ1n) is 9.68. The molecule has 1 heteroatoms. The first-order chi connectivity index (χ1) is 11.0. The standard InChI is InChI=1S/C22H38O/c1-6-10-20-14-16-21(17-15-20)13-8-11-19(3)12-9-18-22(4,5)23-7-2/h14-17,19H,6-13,18H2,1-5H3. The van der Waals surface area contributed by atoms with Gasteiger partial charge in [0.15, 0.2) is 0 Å². The summed E-state index contributed by atoms with van der Waals surface area (Å²) >= 11 is 0. The third kappa shape index (κ3) is 9.15. The lowest BCUT2D eigenvalue weighted by Crippen LogP contribution is -2.24. The molecule has 0 bridgehead atoms. The minimum Gasteiger partial charge on any atom is -0.376 e. The van der Waals surface area contributed by atoms with Gasteiger partial charge in [0, 0.05) is 6.61 Å². The van der Waals surface area contributed by atoms with Crippen molar-refractivity contribution in [1.82, 2.24) is 0 Å². The predicted molar refractivity (Wildman–Crippen MR) is 102 cm³/mol. The molecular formula is C22H38O. The monoisotopic (exact) mass is 318 g/mol. The Balaban J connectivity index is 2.17. The SMILES string of the molecule is CCCc1ccc(CCCC(C)CCCC(C)(C)OCC)cc1. The average Bonchev–Trinajstić information content (AvgIpc) is 2.49. The van der Waals surface area contributed by atoms with Gasteiger partial charge in [-0.2, -0.15) is 0 Å². The average molecular weight is 319 g/mol. The number of aryl methyl sites for hydroxylation is 2. The number of rotatable bonds is 12. The van der Waals surface area contributed by atoms with Crippen LogP contribution in [0.3, 0.4) is 0 Å². The molecule has 23 heavy (non-hydrogen) atoms. The molecule has 1 nitrogen and oxygen atoms in total. The fourth-order valence-electron chi connectivity index (χ4n) is 3.30. The van der Waals surface area contributed by atoms with E-state index in [1.54, 1.807) is 0 Å². The molecule has 1 aromatic carbocycles. The van der Waals surface area contributed by atoms with Crippen molar-refractivity contribution < 1.29 is 4.74 Å². The van der Waals surface area contributed by atoms with Gasteiger partial charge in [-0.15, -0.1) is 0 Å². The summed E-state index contributed by atoms with van der Waals surface area (Å²) in [6.07, 6.45) is 10.1. The van der Waals surface area contributed by atoms with Crippen molar-refractivity contribution >= 4 is 0 Å². The summed E-state index contributed by atoms with van der Waals surface area (Å²) in [5.41, 5.74) is 3.02. The first-order valence-corrected chi connectivity index (χ1v) is 9.68. The smallest absolute Gasteiger partial charge is 0.0626 e. The van der Waals surface area contributed by atoms with Gasteiger partial charge in [0.25, 0.3) is 0 Å². The van der Waals surface area contributed by atoms with Crippen LogP contribution >= 0.6 is 0 Å². The van der Waals surface area contributed by atoms with Crippen LogP contribution in [0.4, 0.5) is 0 Å². The molecule has 0 spiro atoms. The Morgan fingerprint density at radius 2 is 1.48 bits per heavy atom. The van der Waals surface area contributed by atoms with Crippen molar-refractivity contribution in [2.45, 2.75) is 91.6 Å². The lowest BCUT2D eigenvalue weighted by atomic mass is 9.93. The molecule has 1 rings (SSSR count). The van der Waals surface area contributed by atoms with E-state index in [4.69, 9.17) is 4.74 Å². The maximum absolute atomic E-state index is 5.78. The Labute approximate surface area is 144 Å². The molecule has 0 saturated heterocycles. The Bertz CT molecular complexity index is 404. The van der Waals surface area contributed by atoms with Crippen molar-refractivity contribution in [3.63, 3.8) is 0 Å². The number of ether oxygens (including phenoxy) is 1. The summed E-state index contributed by atoms with van der Waals surface area (Å²) in [5.74, 6) is 0.826. The van der Waals surface area contributed by atoms with E-state index >= 15 is 0 Å². The Hall–Kier alpha value is -0.820. The molecule has 0 radical (unpaired) electrons. The maximum Gasteiger partial charge on any atom is 0.0626 e. The third-order valence-corrected chi connectivity index (χ3v) is 4.73. The van der Waals surface area contributed by atoms with Crippen LogP contribution in [0.25, 0.3) is 0 Å². The molecule has 132 valence electrons. The molecule has 0 aliphatic rings. The fourth-order valence-corrected chi connectivity index (χ4v) is 3.30. The first kappa shape index (κ1) is 20.2. The lowest BCUT2D eigenvalue weighted by Gasteiger charge is -2.25. The van der Waals surface area contributed by atoms with E-state index in [1.165, 1.54) is 62.5 Å². The van der Waals surface area contributed by atoms with Crippen LogP contribution in [0.1, 0.15) is 84.3 Å². The molecule has 0 N–H and O–H groups in total. The van der Waals surface area contributed by atoms with Crippen LogP contribution in [0.2, 0.25) is 0 Å². The molecule has 0 fully saturated rings. The molecule has 0 aromatic heterocycles. The minimum absolute atomic E-state index is 0.0503. The Morgan fingerprint density at radius 1 is 0.913 bits per heavy atom. The second kappa shape index (κ2) is 10.9. The number of hydrogen-bond donors (Lipinski definition) is 0. The largest absolute Gasteiger partial charge is 0.376 e. The van der Waals surface area contributed by atoms with Crippen molar-refractivity contribution in [2.24, 2.45) is 5.92 Å². The van der Waals surface area contributed by atoms with E-state index in [-0.39, 0.29) is 5.60 Å². The predicted octanol–water partition coefficient (Wildman–Crippen LogP) is 6.58. The normalized spacial score (nSPS) is 13.3. The van der Waals surface area contributed by atoms with Crippen molar-refractivity contribution in [2.75, 3.05) is 6.61 Å². The van der Waals surface area contributed by atoms with Crippen LogP contribution in [0, 0.1) is 5.92 Å².